The molecule has 3 aromatic rings. The van der Waals surface area contributed by atoms with E-state index in [1.54, 1.807) is 30.3 Å². The summed E-state index contributed by atoms with van der Waals surface area (Å²) >= 11 is 7.40. The molecule has 0 aliphatic heterocycles. The zero-order chi connectivity index (χ0) is 23.1. The summed E-state index contributed by atoms with van der Waals surface area (Å²) in [6.07, 6.45) is 0. The molecular formula is C23H26ClN5O2S. The molecule has 1 aromatic heterocycles. The monoisotopic (exact) mass is 471 g/mol. The second-order valence-corrected chi connectivity index (χ2v) is 8.81. The summed E-state index contributed by atoms with van der Waals surface area (Å²) in [7, 11) is 0. The molecule has 2 amide bonds. The molecule has 32 heavy (non-hydrogen) atoms. The zero-order valence-electron chi connectivity index (χ0n) is 18.2. The first-order chi connectivity index (χ1) is 15.4. The van der Waals surface area contributed by atoms with Gasteiger partial charge < -0.3 is 15.2 Å². The molecule has 3 rings (SSSR count). The Labute approximate surface area is 197 Å². The Morgan fingerprint density at radius 3 is 2.41 bits per heavy atom. The van der Waals surface area contributed by atoms with Crippen LogP contribution in [-0.2, 0) is 11.3 Å². The number of thioether (sulfide) groups is 1. The van der Waals surface area contributed by atoms with Crippen LogP contribution in [0.5, 0.6) is 0 Å². The minimum atomic E-state index is -0.318. The Hall–Kier alpha value is -2.84. The fourth-order valence-corrected chi connectivity index (χ4v) is 4.15. The normalized spacial score (nSPS) is 11.9. The molecule has 0 bridgehead atoms. The van der Waals surface area contributed by atoms with E-state index in [1.165, 1.54) is 11.8 Å². The van der Waals surface area contributed by atoms with Crippen LogP contribution in [0.25, 0.3) is 0 Å². The molecule has 0 spiro atoms. The lowest BCUT2D eigenvalue weighted by Gasteiger charge is -2.22. The summed E-state index contributed by atoms with van der Waals surface area (Å²) < 4.78 is 1.93. The number of rotatable bonds is 9. The van der Waals surface area contributed by atoms with Gasteiger partial charge in [-0.15, -0.1) is 10.2 Å². The highest BCUT2D eigenvalue weighted by atomic mass is 35.5. The summed E-state index contributed by atoms with van der Waals surface area (Å²) in [5.41, 5.74) is 1.16. The van der Waals surface area contributed by atoms with Gasteiger partial charge in [0.25, 0.3) is 5.91 Å². The first kappa shape index (κ1) is 23.8. The number of aromatic nitrogens is 3. The van der Waals surface area contributed by atoms with Gasteiger partial charge in [-0.05, 0) is 37.1 Å². The molecule has 2 N–H and O–H groups in total. The fraction of sp³-hybridized carbons (Fsp3) is 0.304. The average molecular weight is 472 g/mol. The summed E-state index contributed by atoms with van der Waals surface area (Å²) in [5, 5.41) is 15.6. The molecule has 0 radical (unpaired) electrons. The molecular weight excluding hydrogens is 446 g/mol. The largest absolute Gasteiger partial charge is 0.342 e. The van der Waals surface area contributed by atoms with Gasteiger partial charge in [-0.2, -0.15) is 0 Å². The van der Waals surface area contributed by atoms with E-state index >= 15 is 0 Å². The Morgan fingerprint density at radius 2 is 1.75 bits per heavy atom. The van der Waals surface area contributed by atoms with Crippen molar-refractivity contribution in [3.8, 4) is 0 Å². The maximum Gasteiger partial charge on any atom is 0.251 e. The lowest BCUT2D eigenvalue weighted by molar-refractivity contribution is -0.113. The van der Waals surface area contributed by atoms with Crippen LogP contribution in [0, 0.1) is 5.92 Å². The summed E-state index contributed by atoms with van der Waals surface area (Å²) in [6, 6.07) is 15.8. The zero-order valence-corrected chi connectivity index (χ0v) is 19.8. The van der Waals surface area contributed by atoms with Crippen LogP contribution in [0.4, 0.5) is 5.69 Å². The highest BCUT2D eigenvalue weighted by Gasteiger charge is 2.26. The number of nitrogens with zero attached hydrogens (tertiary/aromatic N) is 3. The third kappa shape index (κ3) is 5.89. The number of halogens is 1. The molecule has 2 aromatic carbocycles. The Balaban J connectivity index is 1.71. The minimum Gasteiger partial charge on any atom is -0.342 e. The Bertz CT molecular complexity index is 1070. The number of para-hydroxylation sites is 1. The van der Waals surface area contributed by atoms with E-state index in [1.807, 2.05) is 49.6 Å². The second kappa shape index (κ2) is 11.2. The van der Waals surface area contributed by atoms with Crippen molar-refractivity contribution >= 4 is 40.9 Å². The molecule has 1 heterocycles. The third-order valence-corrected chi connectivity index (χ3v) is 6.11. The van der Waals surface area contributed by atoms with E-state index in [4.69, 9.17) is 11.6 Å². The Kier molecular flexibility index (Phi) is 8.30. The standard InChI is InChI=1S/C23H26ClN5O2S/c1-4-29-21(20(15(2)3)26-22(31)16-10-6-5-7-11-16)27-28-23(29)32-14-19(30)25-18-13-9-8-12-17(18)24/h5-13,15,20H,4,14H2,1-3H3,(H,25,30)(H,26,31)/t20-/m0/s1. The van der Waals surface area contributed by atoms with Gasteiger partial charge in [0, 0.05) is 12.1 Å². The quantitative estimate of drug-likeness (QED) is 0.437. The van der Waals surface area contributed by atoms with Crippen molar-refractivity contribution in [3.63, 3.8) is 0 Å². The molecule has 0 fully saturated rings. The van der Waals surface area contributed by atoms with E-state index in [-0.39, 0.29) is 29.5 Å². The van der Waals surface area contributed by atoms with Crippen molar-refractivity contribution in [1.82, 2.24) is 20.1 Å². The smallest absolute Gasteiger partial charge is 0.251 e. The van der Waals surface area contributed by atoms with Crippen molar-refractivity contribution in [1.29, 1.82) is 0 Å². The first-order valence-electron chi connectivity index (χ1n) is 10.4. The van der Waals surface area contributed by atoms with E-state index in [0.29, 0.717) is 33.8 Å². The number of hydrogen-bond donors (Lipinski definition) is 2. The van der Waals surface area contributed by atoms with Crippen LogP contribution in [0.2, 0.25) is 5.02 Å². The predicted octanol–water partition coefficient (Wildman–Crippen LogP) is 4.81. The van der Waals surface area contributed by atoms with E-state index in [9.17, 15) is 9.59 Å². The van der Waals surface area contributed by atoms with Crippen molar-refractivity contribution in [2.45, 2.75) is 38.5 Å². The molecule has 7 nitrogen and oxygen atoms in total. The second-order valence-electron chi connectivity index (χ2n) is 7.46. The number of carbonyl (C=O) groups is 2. The maximum atomic E-state index is 12.7. The van der Waals surface area contributed by atoms with Gasteiger partial charge in [0.05, 0.1) is 22.5 Å². The number of hydrogen-bond acceptors (Lipinski definition) is 5. The van der Waals surface area contributed by atoms with Gasteiger partial charge in [0.1, 0.15) is 0 Å². The molecule has 0 aliphatic rings. The highest BCUT2D eigenvalue weighted by Crippen LogP contribution is 2.26. The number of benzene rings is 2. The van der Waals surface area contributed by atoms with Crippen LogP contribution in [-0.4, -0.2) is 32.3 Å². The molecule has 9 heteroatoms. The number of amides is 2. The molecule has 0 saturated carbocycles. The average Bonchev–Trinajstić information content (AvgIpc) is 3.20. The lowest BCUT2D eigenvalue weighted by Crippen LogP contribution is -2.33. The SMILES string of the molecule is CCn1c(SCC(=O)Nc2ccccc2Cl)nnc1[C@@H](NC(=O)c1ccccc1)C(C)C. The molecule has 0 aliphatic carbocycles. The van der Waals surface area contributed by atoms with E-state index in [2.05, 4.69) is 20.8 Å². The van der Waals surface area contributed by atoms with Crippen molar-refractivity contribution < 1.29 is 9.59 Å². The van der Waals surface area contributed by atoms with Gasteiger partial charge in [-0.25, -0.2) is 0 Å². The van der Waals surface area contributed by atoms with Crippen molar-refractivity contribution in [2.75, 3.05) is 11.1 Å². The molecule has 0 unspecified atom stereocenters. The topological polar surface area (TPSA) is 88.9 Å². The van der Waals surface area contributed by atoms with Crippen LogP contribution in [0.3, 0.4) is 0 Å². The van der Waals surface area contributed by atoms with Crippen molar-refractivity contribution in [3.05, 3.63) is 71.0 Å². The number of nitrogens with one attached hydrogen (secondary N) is 2. The fourth-order valence-electron chi connectivity index (χ4n) is 3.16. The van der Waals surface area contributed by atoms with Crippen LogP contribution in [0.1, 0.15) is 43.0 Å². The minimum absolute atomic E-state index is 0.0959. The van der Waals surface area contributed by atoms with Gasteiger partial charge in [0.2, 0.25) is 5.91 Å². The van der Waals surface area contributed by atoms with E-state index in [0.717, 1.165) is 0 Å². The van der Waals surface area contributed by atoms with Gasteiger partial charge in [0.15, 0.2) is 11.0 Å². The van der Waals surface area contributed by atoms with Crippen molar-refractivity contribution in [2.24, 2.45) is 5.92 Å². The molecule has 1 atom stereocenters. The lowest BCUT2D eigenvalue weighted by atomic mass is 10.0. The highest BCUT2D eigenvalue weighted by molar-refractivity contribution is 7.99. The summed E-state index contributed by atoms with van der Waals surface area (Å²) in [5.74, 6) is 0.571. The van der Waals surface area contributed by atoms with E-state index < -0.39 is 0 Å². The summed E-state index contributed by atoms with van der Waals surface area (Å²) in [6.45, 7) is 6.64. The Morgan fingerprint density at radius 1 is 1.06 bits per heavy atom. The van der Waals surface area contributed by atoms with Crippen LogP contribution in [0.15, 0.2) is 59.8 Å². The first-order valence-corrected chi connectivity index (χ1v) is 11.7. The third-order valence-electron chi connectivity index (χ3n) is 4.81. The summed E-state index contributed by atoms with van der Waals surface area (Å²) in [4.78, 5) is 25.1. The predicted molar refractivity (Wildman–Crippen MR) is 128 cm³/mol. The maximum absolute atomic E-state index is 12.7. The molecule has 168 valence electrons. The van der Waals surface area contributed by atoms with Gasteiger partial charge >= 0.3 is 0 Å². The van der Waals surface area contributed by atoms with Gasteiger partial charge in [-0.1, -0.05) is 67.5 Å². The van der Waals surface area contributed by atoms with Crippen LogP contribution < -0.4 is 10.6 Å². The van der Waals surface area contributed by atoms with Crippen LogP contribution >= 0.6 is 23.4 Å². The molecule has 0 saturated heterocycles. The number of anilines is 1. The van der Waals surface area contributed by atoms with Gasteiger partial charge in [-0.3, -0.25) is 9.59 Å². The number of carbonyl (C=O) groups excluding carboxylic acids is 2.